The third-order valence-corrected chi connectivity index (χ3v) is 2.28. The largest absolute Gasteiger partial charge is 0.368 e. The zero-order valence-corrected chi connectivity index (χ0v) is 7.52. The normalized spacial score (nSPS) is 13.5. The molecule has 0 saturated carbocycles. The topological polar surface area (TPSA) is 74.7 Å². The van der Waals surface area contributed by atoms with E-state index in [4.69, 9.17) is 0 Å². The van der Waals surface area contributed by atoms with Gasteiger partial charge in [0.2, 0.25) is 0 Å². The van der Waals surface area contributed by atoms with Crippen molar-refractivity contribution in [1.82, 2.24) is 4.98 Å². The van der Waals surface area contributed by atoms with Gasteiger partial charge in [-0.15, -0.1) is 0 Å². The van der Waals surface area contributed by atoms with E-state index in [1.54, 1.807) is 18.2 Å². The Labute approximate surface area is 82.8 Å². The number of urea groups is 1. The number of carbonyl (C=O) groups excluding carboxylic acids is 1. The molecule has 15 heavy (non-hydrogen) atoms. The first kappa shape index (κ1) is 8.05. The number of hydrogen-bond donors (Lipinski definition) is 1. The summed E-state index contributed by atoms with van der Waals surface area (Å²) >= 11 is 0. The van der Waals surface area contributed by atoms with Gasteiger partial charge in [0.15, 0.2) is 5.36 Å². The number of carbonyl (C=O) groups is 1. The van der Waals surface area contributed by atoms with Crippen molar-refractivity contribution in [3.63, 3.8) is 0 Å². The molecule has 3 rings (SSSR count). The van der Waals surface area contributed by atoms with E-state index in [1.807, 2.05) is 6.07 Å². The highest BCUT2D eigenvalue weighted by Crippen LogP contribution is 2.02. The van der Waals surface area contributed by atoms with Crippen LogP contribution in [0.15, 0.2) is 39.0 Å². The number of fused-ring (bicyclic) bond motifs is 3. The first-order valence-corrected chi connectivity index (χ1v) is 4.38. The van der Waals surface area contributed by atoms with Crippen LogP contribution in [0.2, 0.25) is 0 Å². The zero-order chi connectivity index (χ0) is 10.4. The van der Waals surface area contributed by atoms with Crippen molar-refractivity contribution in [3.05, 3.63) is 45.3 Å². The minimum atomic E-state index is -0.619. The number of nitrogens with one attached hydrogen (secondary N) is 1. The van der Waals surface area contributed by atoms with E-state index in [2.05, 4.69) is 15.0 Å². The number of para-hydroxylation sites is 1. The molecule has 0 radical (unpaired) electrons. The van der Waals surface area contributed by atoms with Crippen LogP contribution in [0.3, 0.4) is 0 Å². The van der Waals surface area contributed by atoms with Crippen molar-refractivity contribution in [2.45, 2.75) is 0 Å². The fourth-order valence-corrected chi connectivity index (χ4v) is 1.65. The molecular weight excluding hydrogens is 194 g/mol. The molecule has 1 N–H and O–H groups in total. The van der Waals surface area contributed by atoms with Crippen LogP contribution in [-0.2, 0) is 0 Å². The van der Waals surface area contributed by atoms with E-state index >= 15 is 0 Å². The van der Waals surface area contributed by atoms with Crippen LogP contribution in [0.5, 0.6) is 0 Å². The molecule has 2 heterocycles. The number of benzene rings is 1. The van der Waals surface area contributed by atoms with Gasteiger partial charge in [-0.25, -0.2) is 4.79 Å². The number of hydrogen-bond acceptors (Lipinski definition) is 2. The molecule has 0 bridgehead atoms. The van der Waals surface area contributed by atoms with Gasteiger partial charge in [-0.1, -0.05) is 18.2 Å². The maximum absolute atomic E-state index is 11.5. The third-order valence-electron chi connectivity index (χ3n) is 2.28. The number of nitrogens with zero attached hydrogens (tertiary/aromatic N) is 2. The Hall–Kier alpha value is -2.30. The minimum absolute atomic E-state index is 0.110. The molecule has 0 unspecified atom stereocenters. The summed E-state index contributed by atoms with van der Waals surface area (Å²) in [5.41, 5.74) is 0.285. The van der Waals surface area contributed by atoms with Crippen molar-refractivity contribution in [3.8, 4) is 0 Å². The summed E-state index contributed by atoms with van der Waals surface area (Å²) in [6.45, 7) is 0. The van der Waals surface area contributed by atoms with Crippen LogP contribution in [-0.4, -0.2) is 11.0 Å². The van der Waals surface area contributed by atoms with Crippen molar-refractivity contribution in [2.24, 2.45) is 9.98 Å². The van der Waals surface area contributed by atoms with Crippen LogP contribution < -0.4 is 16.3 Å². The monoisotopic (exact) mass is 199 g/mol. The van der Waals surface area contributed by atoms with Gasteiger partial charge in [-0.05, 0) is 6.07 Å². The van der Waals surface area contributed by atoms with Gasteiger partial charge in [0.25, 0.3) is 5.56 Å². The first-order valence-electron chi connectivity index (χ1n) is 4.38. The van der Waals surface area contributed by atoms with E-state index in [0.29, 0.717) is 10.9 Å². The maximum Gasteiger partial charge on any atom is 0.368 e. The fourth-order valence-electron chi connectivity index (χ4n) is 1.65. The Balaban J connectivity index is 2.74. The van der Waals surface area contributed by atoms with Gasteiger partial charge in [0, 0.05) is 5.39 Å². The summed E-state index contributed by atoms with van der Waals surface area (Å²) in [6, 6.07) is 6.56. The Morgan fingerprint density at radius 1 is 1.00 bits per heavy atom. The Morgan fingerprint density at radius 3 is 2.60 bits per heavy atom. The lowest BCUT2D eigenvalue weighted by Crippen LogP contribution is -2.39. The van der Waals surface area contributed by atoms with Crippen molar-refractivity contribution in [2.75, 3.05) is 0 Å². The lowest BCUT2D eigenvalue weighted by molar-refractivity contribution is 0.256. The third kappa shape index (κ3) is 1.03. The molecule has 0 saturated heterocycles. The fraction of sp³-hybridized carbons (Fsp3) is 0. The van der Waals surface area contributed by atoms with Gasteiger partial charge < -0.3 is 4.98 Å². The van der Waals surface area contributed by atoms with Gasteiger partial charge in [-0.2, -0.15) is 9.98 Å². The molecule has 1 aliphatic rings. The van der Waals surface area contributed by atoms with Crippen LogP contribution in [0, 0.1) is 0 Å². The Morgan fingerprint density at radius 2 is 1.73 bits per heavy atom. The van der Waals surface area contributed by atoms with Crippen molar-refractivity contribution >= 4 is 16.9 Å². The summed E-state index contributed by atoms with van der Waals surface area (Å²) < 4.78 is 0. The van der Waals surface area contributed by atoms with Crippen LogP contribution >= 0.6 is 0 Å². The SMILES string of the molecule is O=C1N=c2c(=O)[nH]c3ccccc3c2=N1. The van der Waals surface area contributed by atoms with Crippen LogP contribution in [0.4, 0.5) is 4.79 Å². The lowest BCUT2D eigenvalue weighted by Gasteiger charge is -1.94. The quantitative estimate of drug-likeness (QED) is 0.643. The second-order valence-electron chi connectivity index (χ2n) is 3.20. The smallest absolute Gasteiger partial charge is 0.320 e. The predicted molar refractivity (Wildman–Crippen MR) is 52.3 cm³/mol. The van der Waals surface area contributed by atoms with Gasteiger partial charge >= 0.3 is 6.03 Å². The second-order valence-corrected chi connectivity index (χ2v) is 3.20. The summed E-state index contributed by atoms with van der Waals surface area (Å²) in [5.74, 6) is 0. The first-order chi connectivity index (χ1) is 7.25. The summed E-state index contributed by atoms with van der Waals surface area (Å²) in [7, 11) is 0. The molecule has 2 aromatic rings. The number of rotatable bonds is 0. The highest BCUT2D eigenvalue weighted by Gasteiger charge is 2.11. The molecule has 1 aliphatic heterocycles. The molecule has 0 fully saturated rings. The van der Waals surface area contributed by atoms with E-state index < -0.39 is 6.03 Å². The van der Waals surface area contributed by atoms with Crippen molar-refractivity contribution in [1.29, 1.82) is 0 Å². The lowest BCUT2D eigenvalue weighted by atomic mass is 10.2. The highest BCUT2D eigenvalue weighted by atomic mass is 16.2. The Kier molecular flexibility index (Phi) is 1.39. The average Bonchev–Trinajstić information content (AvgIpc) is 2.61. The average molecular weight is 199 g/mol. The van der Waals surface area contributed by atoms with E-state index in [0.717, 1.165) is 5.39 Å². The molecule has 0 spiro atoms. The highest BCUT2D eigenvalue weighted by molar-refractivity contribution is 5.83. The molecule has 72 valence electrons. The summed E-state index contributed by atoms with van der Waals surface area (Å²) in [6.07, 6.45) is 0. The second kappa shape index (κ2) is 2.60. The molecule has 0 aliphatic carbocycles. The molecule has 2 amide bonds. The zero-order valence-electron chi connectivity index (χ0n) is 7.52. The standard InChI is InChI=1S/C10H5N3O2/c14-9-8-7(12-10(15)13-8)5-3-1-2-4-6(5)11-9/h1-4H,(H,11,14). The van der Waals surface area contributed by atoms with E-state index in [1.165, 1.54) is 0 Å². The van der Waals surface area contributed by atoms with E-state index in [9.17, 15) is 9.59 Å². The number of H-pyrrole nitrogens is 1. The maximum atomic E-state index is 11.5. The van der Waals surface area contributed by atoms with E-state index in [-0.39, 0.29) is 10.9 Å². The van der Waals surface area contributed by atoms with Crippen molar-refractivity contribution < 1.29 is 4.79 Å². The van der Waals surface area contributed by atoms with Crippen LogP contribution in [0.25, 0.3) is 10.9 Å². The molecule has 0 atom stereocenters. The van der Waals surface area contributed by atoms with Gasteiger partial charge in [-0.3, -0.25) is 4.79 Å². The molecule has 1 aromatic carbocycles. The van der Waals surface area contributed by atoms with Gasteiger partial charge in [0.1, 0.15) is 5.36 Å². The number of amides is 2. The summed E-state index contributed by atoms with van der Waals surface area (Å²) in [5, 5.41) is 1.22. The minimum Gasteiger partial charge on any atom is -0.320 e. The number of pyridine rings is 1. The molecule has 5 heteroatoms. The Bertz CT molecular complexity index is 758. The molecule has 1 aromatic heterocycles. The molecular formula is C10H5N3O2. The number of aromatic amines is 1. The number of aromatic nitrogens is 1. The predicted octanol–water partition coefficient (Wildman–Crippen LogP) is -0.0991. The van der Waals surface area contributed by atoms with Crippen LogP contribution in [0.1, 0.15) is 0 Å². The molecule has 5 nitrogen and oxygen atoms in total. The van der Waals surface area contributed by atoms with Gasteiger partial charge in [0.05, 0.1) is 5.52 Å². The summed E-state index contributed by atoms with van der Waals surface area (Å²) in [4.78, 5) is 32.4.